The zero-order valence-electron chi connectivity index (χ0n) is 19.1. The number of nitrogens with zero attached hydrogens (tertiary/aromatic N) is 3. The lowest BCUT2D eigenvalue weighted by Crippen LogP contribution is -2.36. The number of carbonyl (C=O) groups is 1. The Hall–Kier alpha value is -3.02. The standard InChI is InChI=1S/C27H29N3OS/c1-19-10-15-24-25(20(19)2)28-27(32-24)30(17-16-29(3)4)26(31)23-13-11-22(12-14-23)18-21-8-6-5-7-9-21/h5-15H,16-18H2,1-4H3. The molecular formula is C27H29N3OS. The van der Waals surface area contributed by atoms with Crippen molar-refractivity contribution in [1.82, 2.24) is 9.88 Å². The molecule has 4 rings (SSSR count). The summed E-state index contributed by atoms with van der Waals surface area (Å²) in [5.74, 6) is -0.00783. The molecule has 0 unspecified atom stereocenters. The highest BCUT2D eigenvalue weighted by molar-refractivity contribution is 7.22. The maximum absolute atomic E-state index is 13.5. The van der Waals surface area contributed by atoms with Gasteiger partial charge in [-0.3, -0.25) is 9.69 Å². The summed E-state index contributed by atoms with van der Waals surface area (Å²) in [5, 5.41) is 0.758. The molecule has 5 heteroatoms. The molecule has 4 aromatic rings. The van der Waals surface area contributed by atoms with E-state index in [1.807, 2.05) is 37.2 Å². The van der Waals surface area contributed by atoms with E-state index >= 15 is 0 Å². The van der Waals surface area contributed by atoms with Crippen LogP contribution in [0.1, 0.15) is 32.6 Å². The van der Waals surface area contributed by atoms with Gasteiger partial charge in [-0.2, -0.15) is 0 Å². The van der Waals surface area contributed by atoms with Crippen molar-refractivity contribution < 1.29 is 4.79 Å². The van der Waals surface area contributed by atoms with Gasteiger partial charge in [0.25, 0.3) is 5.91 Å². The highest BCUT2D eigenvalue weighted by Crippen LogP contribution is 2.32. The van der Waals surface area contributed by atoms with Crippen LogP contribution >= 0.6 is 11.3 Å². The van der Waals surface area contributed by atoms with E-state index in [2.05, 4.69) is 67.3 Å². The summed E-state index contributed by atoms with van der Waals surface area (Å²) < 4.78 is 1.11. The number of carbonyl (C=O) groups excluding carboxylic acids is 1. The number of likely N-dealkylation sites (N-methyl/N-ethyl adjacent to an activating group) is 1. The zero-order valence-corrected chi connectivity index (χ0v) is 19.9. The van der Waals surface area contributed by atoms with Crippen LogP contribution in [0.3, 0.4) is 0 Å². The summed E-state index contributed by atoms with van der Waals surface area (Å²) in [4.78, 5) is 22.3. The average Bonchev–Trinajstić information content (AvgIpc) is 3.22. The van der Waals surface area contributed by atoms with Crippen molar-refractivity contribution in [2.45, 2.75) is 20.3 Å². The first kappa shape index (κ1) is 22.2. The van der Waals surface area contributed by atoms with Crippen molar-refractivity contribution in [3.05, 3.63) is 94.5 Å². The van der Waals surface area contributed by atoms with Gasteiger partial charge in [0.1, 0.15) is 0 Å². The zero-order chi connectivity index (χ0) is 22.7. The van der Waals surface area contributed by atoms with Gasteiger partial charge in [-0.25, -0.2) is 4.98 Å². The molecule has 0 atom stereocenters. The molecule has 164 valence electrons. The summed E-state index contributed by atoms with van der Waals surface area (Å²) >= 11 is 1.58. The molecule has 0 aliphatic carbocycles. The second-order valence-electron chi connectivity index (χ2n) is 8.47. The molecule has 0 N–H and O–H groups in total. The molecule has 0 aliphatic heterocycles. The molecule has 0 aliphatic rings. The van der Waals surface area contributed by atoms with Gasteiger partial charge in [-0.05, 0) is 74.8 Å². The molecule has 0 saturated carbocycles. The van der Waals surface area contributed by atoms with Gasteiger partial charge in [0.2, 0.25) is 0 Å². The van der Waals surface area contributed by atoms with Gasteiger partial charge in [-0.1, -0.05) is 59.9 Å². The average molecular weight is 444 g/mol. The Bertz CT molecular complexity index is 1210. The van der Waals surface area contributed by atoms with Crippen LogP contribution < -0.4 is 4.90 Å². The molecule has 0 saturated heterocycles. The number of amides is 1. The van der Waals surface area contributed by atoms with E-state index in [1.165, 1.54) is 22.3 Å². The van der Waals surface area contributed by atoms with Crippen molar-refractivity contribution in [3.8, 4) is 0 Å². The van der Waals surface area contributed by atoms with Crippen molar-refractivity contribution >= 4 is 32.6 Å². The highest BCUT2D eigenvalue weighted by atomic mass is 32.1. The van der Waals surface area contributed by atoms with Crippen LogP contribution in [0.5, 0.6) is 0 Å². The Morgan fingerprint density at radius 1 is 0.875 bits per heavy atom. The summed E-state index contributed by atoms with van der Waals surface area (Å²) in [7, 11) is 4.04. The van der Waals surface area contributed by atoms with Gasteiger partial charge in [0.15, 0.2) is 5.13 Å². The first-order chi connectivity index (χ1) is 15.4. The fourth-order valence-electron chi connectivity index (χ4n) is 3.67. The minimum Gasteiger partial charge on any atom is -0.308 e. The van der Waals surface area contributed by atoms with Crippen molar-refractivity contribution in [3.63, 3.8) is 0 Å². The van der Waals surface area contributed by atoms with Gasteiger partial charge in [0, 0.05) is 18.7 Å². The summed E-state index contributed by atoms with van der Waals surface area (Å²) in [6.07, 6.45) is 0.857. The van der Waals surface area contributed by atoms with E-state index in [-0.39, 0.29) is 5.91 Å². The summed E-state index contributed by atoms with van der Waals surface area (Å²) in [6, 6.07) is 22.6. The van der Waals surface area contributed by atoms with E-state index in [9.17, 15) is 4.79 Å². The van der Waals surface area contributed by atoms with Crippen molar-refractivity contribution in [2.75, 3.05) is 32.1 Å². The number of hydrogen-bond acceptors (Lipinski definition) is 4. The Labute approximate surface area is 194 Å². The Morgan fingerprint density at radius 2 is 1.56 bits per heavy atom. The molecule has 3 aromatic carbocycles. The largest absolute Gasteiger partial charge is 0.308 e. The number of thiazole rings is 1. The van der Waals surface area contributed by atoms with Crippen LogP contribution in [0.2, 0.25) is 0 Å². The van der Waals surface area contributed by atoms with E-state index in [0.717, 1.165) is 28.3 Å². The molecule has 0 fully saturated rings. The number of fused-ring (bicyclic) bond motifs is 1. The fraction of sp³-hybridized carbons (Fsp3) is 0.259. The molecule has 32 heavy (non-hydrogen) atoms. The normalized spacial score (nSPS) is 11.3. The third kappa shape index (κ3) is 4.90. The predicted octanol–water partition coefficient (Wildman–Crippen LogP) is 5.71. The monoisotopic (exact) mass is 443 g/mol. The summed E-state index contributed by atoms with van der Waals surface area (Å²) in [6.45, 7) is 5.56. The lowest BCUT2D eigenvalue weighted by Gasteiger charge is -2.22. The lowest BCUT2D eigenvalue weighted by atomic mass is 10.0. The smallest absolute Gasteiger partial charge is 0.260 e. The third-order valence-corrected chi connectivity index (χ3v) is 6.82. The van der Waals surface area contributed by atoms with Crippen LogP contribution in [0.25, 0.3) is 10.2 Å². The first-order valence-electron chi connectivity index (χ1n) is 10.9. The van der Waals surface area contributed by atoms with Crippen molar-refractivity contribution in [2.24, 2.45) is 0 Å². The SMILES string of the molecule is Cc1ccc2sc(N(CCN(C)C)C(=O)c3ccc(Cc4ccccc4)cc3)nc2c1C. The van der Waals surface area contributed by atoms with Gasteiger partial charge < -0.3 is 4.90 Å². The summed E-state index contributed by atoms with van der Waals surface area (Å²) in [5.41, 5.74) is 6.53. The van der Waals surface area contributed by atoms with E-state index in [4.69, 9.17) is 4.98 Å². The fourth-order valence-corrected chi connectivity index (χ4v) is 4.72. The number of aromatic nitrogens is 1. The van der Waals surface area contributed by atoms with E-state index < -0.39 is 0 Å². The maximum atomic E-state index is 13.5. The van der Waals surface area contributed by atoms with E-state index in [0.29, 0.717) is 12.1 Å². The molecule has 1 amide bonds. The number of anilines is 1. The van der Waals surface area contributed by atoms with Crippen LogP contribution in [0, 0.1) is 13.8 Å². The Morgan fingerprint density at radius 3 is 2.25 bits per heavy atom. The van der Waals surface area contributed by atoms with Crippen molar-refractivity contribution in [1.29, 1.82) is 0 Å². The third-order valence-electron chi connectivity index (χ3n) is 5.77. The van der Waals surface area contributed by atoms with Crippen LogP contribution in [0.4, 0.5) is 5.13 Å². The number of benzene rings is 3. The minimum absolute atomic E-state index is 0.00783. The minimum atomic E-state index is -0.00783. The molecule has 0 radical (unpaired) electrons. The quantitative estimate of drug-likeness (QED) is 0.367. The lowest BCUT2D eigenvalue weighted by molar-refractivity contribution is 0.0985. The van der Waals surface area contributed by atoms with E-state index in [1.54, 1.807) is 11.3 Å². The van der Waals surface area contributed by atoms with Crippen LogP contribution in [-0.4, -0.2) is 43.0 Å². The number of hydrogen-bond donors (Lipinski definition) is 0. The molecule has 1 aromatic heterocycles. The Balaban J connectivity index is 1.61. The molecule has 1 heterocycles. The molecule has 0 spiro atoms. The Kier molecular flexibility index (Phi) is 6.68. The van der Waals surface area contributed by atoms with Crippen LogP contribution in [-0.2, 0) is 6.42 Å². The molecule has 0 bridgehead atoms. The first-order valence-corrected chi connectivity index (χ1v) is 11.7. The number of aryl methyl sites for hydroxylation is 2. The maximum Gasteiger partial charge on any atom is 0.260 e. The number of rotatable bonds is 7. The molecular weight excluding hydrogens is 414 g/mol. The van der Waals surface area contributed by atoms with Crippen LogP contribution in [0.15, 0.2) is 66.7 Å². The van der Waals surface area contributed by atoms with Gasteiger partial charge in [-0.15, -0.1) is 0 Å². The second kappa shape index (κ2) is 9.63. The second-order valence-corrected chi connectivity index (χ2v) is 9.48. The highest BCUT2D eigenvalue weighted by Gasteiger charge is 2.22. The molecule has 4 nitrogen and oxygen atoms in total. The van der Waals surface area contributed by atoms with Gasteiger partial charge >= 0.3 is 0 Å². The predicted molar refractivity (Wildman–Crippen MR) is 135 cm³/mol. The van der Waals surface area contributed by atoms with Gasteiger partial charge in [0.05, 0.1) is 10.2 Å². The topological polar surface area (TPSA) is 36.4 Å².